The maximum atomic E-state index is 12.0. The van der Waals surface area contributed by atoms with Crippen molar-refractivity contribution in [2.75, 3.05) is 25.2 Å². The number of benzene rings is 1. The molecular formula is C14H16INO5S. The molecule has 8 heteroatoms. The molecule has 0 saturated carbocycles. The van der Waals surface area contributed by atoms with E-state index in [-0.39, 0.29) is 17.5 Å². The van der Waals surface area contributed by atoms with Crippen LogP contribution in [-0.4, -0.2) is 56.4 Å². The van der Waals surface area contributed by atoms with Gasteiger partial charge >= 0.3 is 5.97 Å². The van der Waals surface area contributed by atoms with Crippen molar-refractivity contribution in [1.82, 2.24) is 4.90 Å². The van der Waals surface area contributed by atoms with E-state index in [2.05, 4.69) is 0 Å². The van der Waals surface area contributed by atoms with Crippen LogP contribution in [0.25, 0.3) is 0 Å². The van der Waals surface area contributed by atoms with Crippen LogP contribution in [0.1, 0.15) is 16.8 Å². The van der Waals surface area contributed by atoms with Crippen molar-refractivity contribution < 1.29 is 22.7 Å². The summed E-state index contributed by atoms with van der Waals surface area (Å²) in [6.07, 6.45) is 0.426. The minimum atomic E-state index is -3.06. The van der Waals surface area contributed by atoms with Gasteiger partial charge in [0.25, 0.3) is 5.91 Å². The molecule has 1 heterocycles. The number of hydrogen-bond acceptors (Lipinski definition) is 5. The molecular weight excluding hydrogens is 421 g/mol. The summed E-state index contributed by atoms with van der Waals surface area (Å²) in [5, 5.41) is 0. The van der Waals surface area contributed by atoms with E-state index in [1.54, 1.807) is 24.3 Å². The molecule has 1 aliphatic rings. The van der Waals surface area contributed by atoms with Crippen molar-refractivity contribution in [3.8, 4) is 0 Å². The number of nitrogens with zero attached hydrogens (tertiary/aromatic N) is 1. The predicted molar refractivity (Wildman–Crippen MR) is 89.3 cm³/mol. The average Bonchev–Trinajstić information content (AvgIpc) is 2.84. The molecule has 0 unspecified atom stereocenters. The van der Waals surface area contributed by atoms with Gasteiger partial charge in [0.1, 0.15) is 0 Å². The maximum Gasteiger partial charge on any atom is 0.339 e. The zero-order chi connectivity index (χ0) is 16.3. The Bertz CT molecular complexity index is 688. The first-order valence-corrected chi connectivity index (χ1v) is 9.58. The fourth-order valence-electron chi connectivity index (χ4n) is 2.22. The number of carbonyl (C=O) groups excluding carboxylic acids is 2. The first-order valence-electron chi connectivity index (χ1n) is 6.68. The summed E-state index contributed by atoms with van der Waals surface area (Å²) in [7, 11) is -1.52. The van der Waals surface area contributed by atoms with Gasteiger partial charge in [0.2, 0.25) is 0 Å². The van der Waals surface area contributed by atoms with Gasteiger partial charge < -0.3 is 9.64 Å². The molecule has 1 amide bonds. The Morgan fingerprint density at radius 3 is 2.64 bits per heavy atom. The molecule has 6 nitrogen and oxygen atoms in total. The van der Waals surface area contributed by atoms with Gasteiger partial charge in [0.15, 0.2) is 16.4 Å². The van der Waals surface area contributed by atoms with Crippen molar-refractivity contribution >= 4 is 44.3 Å². The predicted octanol–water partition coefficient (Wildman–Crippen LogP) is 1.09. The summed E-state index contributed by atoms with van der Waals surface area (Å²) < 4.78 is 28.6. The Balaban J connectivity index is 1.90. The van der Waals surface area contributed by atoms with Gasteiger partial charge in [-0.2, -0.15) is 0 Å². The summed E-state index contributed by atoms with van der Waals surface area (Å²) >= 11 is 2.02. The fraction of sp³-hybridized carbons (Fsp3) is 0.429. The van der Waals surface area contributed by atoms with Crippen molar-refractivity contribution in [3.05, 3.63) is 33.4 Å². The third-order valence-corrected chi connectivity index (χ3v) is 6.26. The zero-order valence-electron chi connectivity index (χ0n) is 12.0. The molecule has 22 heavy (non-hydrogen) atoms. The Morgan fingerprint density at radius 1 is 1.36 bits per heavy atom. The van der Waals surface area contributed by atoms with Crippen LogP contribution in [0.2, 0.25) is 0 Å². The van der Waals surface area contributed by atoms with Crippen LogP contribution in [0.15, 0.2) is 24.3 Å². The quantitative estimate of drug-likeness (QED) is 0.521. The Hall–Kier alpha value is -1.16. The van der Waals surface area contributed by atoms with Crippen molar-refractivity contribution in [1.29, 1.82) is 0 Å². The van der Waals surface area contributed by atoms with Crippen LogP contribution < -0.4 is 0 Å². The molecule has 0 N–H and O–H groups in total. The molecule has 2 rings (SSSR count). The second kappa shape index (κ2) is 6.95. The van der Waals surface area contributed by atoms with E-state index in [1.807, 2.05) is 22.6 Å². The van der Waals surface area contributed by atoms with Crippen molar-refractivity contribution in [3.63, 3.8) is 0 Å². The molecule has 1 atom stereocenters. The second-order valence-electron chi connectivity index (χ2n) is 5.12. The number of esters is 1. The van der Waals surface area contributed by atoms with Gasteiger partial charge in [-0.25, -0.2) is 13.2 Å². The lowest BCUT2D eigenvalue weighted by molar-refractivity contribution is -0.134. The summed E-state index contributed by atoms with van der Waals surface area (Å²) in [5.74, 6) is -0.899. The number of amides is 1. The van der Waals surface area contributed by atoms with Gasteiger partial charge in [0.05, 0.1) is 17.1 Å². The van der Waals surface area contributed by atoms with E-state index >= 15 is 0 Å². The average molecular weight is 437 g/mol. The van der Waals surface area contributed by atoms with E-state index < -0.39 is 28.3 Å². The number of hydrogen-bond donors (Lipinski definition) is 0. The summed E-state index contributed by atoms with van der Waals surface area (Å²) in [5.41, 5.74) is 0.405. The lowest BCUT2D eigenvalue weighted by Gasteiger charge is -2.23. The van der Waals surface area contributed by atoms with Gasteiger partial charge in [0, 0.05) is 16.7 Å². The van der Waals surface area contributed by atoms with Gasteiger partial charge in [-0.15, -0.1) is 0 Å². The molecule has 0 aromatic heterocycles. The van der Waals surface area contributed by atoms with Crippen LogP contribution in [0.3, 0.4) is 0 Å². The largest absolute Gasteiger partial charge is 0.452 e. The highest BCUT2D eigenvalue weighted by atomic mass is 127. The van der Waals surface area contributed by atoms with Gasteiger partial charge in [-0.3, -0.25) is 4.79 Å². The topological polar surface area (TPSA) is 80.8 Å². The maximum absolute atomic E-state index is 12.0. The first kappa shape index (κ1) is 17.2. The molecule has 1 saturated heterocycles. The van der Waals surface area contributed by atoms with E-state index in [9.17, 15) is 18.0 Å². The first-order chi connectivity index (χ1) is 10.3. The Kier molecular flexibility index (Phi) is 5.43. The van der Waals surface area contributed by atoms with Crippen LogP contribution in [-0.2, 0) is 19.4 Å². The molecule has 0 spiro atoms. The highest BCUT2D eigenvalue weighted by Crippen LogP contribution is 2.17. The molecule has 0 aliphatic carbocycles. The second-order valence-corrected chi connectivity index (χ2v) is 8.51. The zero-order valence-corrected chi connectivity index (χ0v) is 15.0. The Labute approximate surface area is 142 Å². The normalized spacial score (nSPS) is 19.6. The SMILES string of the molecule is CN(C(=O)COC(=O)c1ccccc1I)[C@H]1CCS(=O)(=O)C1. The number of sulfone groups is 1. The number of carbonyl (C=O) groups is 2. The summed E-state index contributed by atoms with van der Waals surface area (Å²) in [6.45, 7) is -0.392. The molecule has 1 fully saturated rings. The van der Waals surface area contributed by atoms with Crippen molar-refractivity contribution in [2.24, 2.45) is 0 Å². The number of ether oxygens (including phenoxy) is 1. The molecule has 0 bridgehead atoms. The van der Waals surface area contributed by atoms with E-state index in [1.165, 1.54) is 11.9 Å². The van der Waals surface area contributed by atoms with Crippen LogP contribution >= 0.6 is 22.6 Å². The molecule has 1 aliphatic heterocycles. The smallest absolute Gasteiger partial charge is 0.339 e. The van der Waals surface area contributed by atoms with Crippen LogP contribution in [0.5, 0.6) is 0 Å². The van der Waals surface area contributed by atoms with E-state index in [4.69, 9.17) is 4.74 Å². The summed E-state index contributed by atoms with van der Waals surface area (Å²) in [4.78, 5) is 25.3. The summed E-state index contributed by atoms with van der Waals surface area (Å²) in [6, 6.07) is 6.58. The molecule has 1 aromatic carbocycles. The minimum Gasteiger partial charge on any atom is -0.452 e. The Morgan fingerprint density at radius 2 is 2.05 bits per heavy atom. The molecule has 120 valence electrons. The van der Waals surface area contributed by atoms with E-state index in [0.717, 1.165) is 3.57 Å². The number of likely N-dealkylation sites (N-methyl/N-ethyl adjacent to an activating group) is 1. The van der Waals surface area contributed by atoms with Gasteiger partial charge in [-0.1, -0.05) is 12.1 Å². The van der Waals surface area contributed by atoms with Crippen molar-refractivity contribution in [2.45, 2.75) is 12.5 Å². The lowest BCUT2D eigenvalue weighted by Crippen LogP contribution is -2.40. The van der Waals surface area contributed by atoms with E-state index in [0.29, 0.717) is 12.0 Å². The highest BCUT2D eigenvalue weighted by Gasteiger charge is 2.32. The third-order valence-electron chi connectivity index (χ3n) is 3.57. The standard InChI is InChI=1S/C14H16INO5S/c1-16(10-6-7-22(19,20)9-10)13(17)8-21-14(18)11-4-2-3-5-12(11)15/h2-5,10H,6-9H2,1H3/t10-/m0/s1. The minimum absolute atomic E-state index is 0.0280. The third kappa shape index (κ3) is 4.19. The monoisotopic (exact) mass is 437 g/mol. The van der Waals surface area contributed by atoms with Crippen LogP contribution in [0, 0.1) is 3.57 Å². The highest BCUT2D eigenvalue weighted by molar-refractivity contribution is 14.1. The lowest BCUT2D eigenvalue weighted by atomic mass is 10.2. The van der Waals surface area contributed by atoms with Gasteiger partial charge in [-0.05, 0) is 41.1 Å². The molecule has 0 radical (unpaired) electrons. The molecule has 1 aromatic rings. The number of rotatable bonds is 4. The number of halogens is 1. The fourth-order valence-corrected chi connectivity index (χ4v) is 4.60. The van der Waals surface area contributed by atoms with Crippen LogP contribution in [0.4, 0.5) is 0 Å².